The molecular formula is C14H15FN2O2. The summed E-state index contributed by atoms with van der Waals surface area (Å²) in [5, 5.41) is 9.23. The number of amides is 1. The molecule has 2 rings (SSSR count). The van der Waals surface area contributed by atoms with Crippen molar-refractivity contribution in [3.8, 4) is 6.07 Å². The maximum atomic E-state index is 12.9. The van der Waals surface area contributed by atoms with E-state index >= 15 is 0 Å². The van der Waals surface area contributed by atoms with E-state index in [1.807, 2.05) is 0 Å². The van der Waals surface area contributed by atoms with E-state index in [1.165, 1.54) is 29.2 Å². The van der Waals surface area contributed by atoms with Gasteiger partial charge in [-0.2, -0.15) is 5.26 Å². The number of nitriles is 1. The van der Waals surface area contributed by atoms with E-state index in [0.717, 1.165) is 6.42 Å². The molecule has 19 heavy (non-hydrogen) atoms. The average Bonchev–Trinajstić information content (AvgIpc) is 2.94. The highest BCUT2D eigenvalue weighted by Gasteiger charge is 2.30. The first-order valence-electron chi connectivity index (χ1n) is 6.17. The number of halogens is 1. The smallest absolute Gasteiger partial charge is 0.252 e. The van der Waals surface area contributed by atoms with E-state index in [4.69, 9.17) is 4.74 Å². The quantitative estimate of drug-likeness (QED) is 0.837. The van der Waals surface area contributed by atoms with Crippen LogP contribution in [0.1, 0.15) is 24.4 Å². The van der Waals surface area contributed by atoms with Gasteiger partial charge in [0.25, 0.3) is 5.91 Å². The van der Waals surface area contributed by atoms with Crippen LogP contribution in [0.3, 0.4) is 0 Å². The Bertz CT molecular complexity index is 489. The van der Waals surface area contributed by atoms with Crippen LogP contribution in [0.25, 0.3) is 0 Å². The van der Waals surface area contributed by atoms with Crippen LogP contribution in [-0.4, -0.2) is 30.6 Å². The number of nitrogens with zero attached hydrogens (tertiary/aromatic N) is 2. The normalized spacial score (nSPS) is 19.7. The maximum absolute atomic E-state index is 12.9. The zero-order chi connectivity index (χ0) is 13.8. The second-order valence-corrected chi connectivity index (χ2v) is 4.53. The van der Waals surface area contributed by atoms with Crippen molar-refractivity contribution in [3.05, 3.63) is 35.6 Å². The molecular weight excluding hydrogens is 247 g/mol. The first-order chi connectivity index (χ1) is 9.13. The van der Waals surface area contributed by atoms with E-state index in [-0.39, 0.29) is 11.7 Å². The van der Waals surface area contributed by atoms with E-state index in [1.54, 1.807) is 7.05 Å². The summed E-state index contributed by atoms with van der Waals surface area (Å²) in [5.74, 6) is -0.568. The number of carbonyl (C=O) groups is 1. The number of hydrogen-bond donors (Lipinski definition) is 0. The van der Waals surface area contributed by atoms with Gasteiger partial charge in [0.15, 0.2) is 0 Å². The molecule has 1 heterocycles. The molecule has 0 saturated carbocycles. The number of hydrogen-bond acceptors (Lipinski definition) is 3. The Labute approximate surface area is 111 Å². The lowest BCUT2D eigenvalue weighted by Gasteiger charge is -2.25. The molecule has 1 aromatic carbocycles. The molecule has 0 aromatic heterocycles. The Kier molecular flexibility index (Phi) is 4.13. The fourth-order valence-corrected chi connectivity index (χ4v) is 2.16. The lowest BCUT2D eigenvalue weighted by Crippen LogP contribution is -2.38. The van der Waals surface area contributed by atoms with Crippen molar-refractivity contribution < 1.29 is 13.9 Å². The standard InChI is InChI=1S/C14H15FN2O2/c1-17(14(18)13-3-2-8-19-13)12(9-16)10-4-6-11(15)7-5-10/h4-7,12-13H,2-3,8H2,1H3. The van der Waals surface area contributed by atoms with Gasteiger partial charge in [0.2, 0.25) is 0 Å². The third-order valence-electron chi connectivity index (χ3n) is 3.25. The van der Waals surface area contributed by atoms with Gasteiger partial charge in [0.05, 0.1) is 6.07 Å². The van der Waals surface area contributed by atoms with Crippen LogP contribution in [0.15, 0.2) is 24.3 Å². The van der Waals surface area contributed by atoms with E-state index < -0.39 is 12.1 Å². The summed E-state index contributed by atoms with van der Waals surface area (Å²) < 4.78 is 18.2. The molecule has 0 aliphatic carbocycles. The van der Waals surface area contributed by atoms with Crippen molar-refractivity contribution in [2.45, 2.75) is 25.0 Å². The van der Waals surface area contributed by atoms with Gasteiger partial charge in [-0.25, -0.2) is 4.39 Å². The van der Waals surface area contributed by atoms with Crippen LogP contribution >= 0.6 is 0 Å². The summed E-state index contributed by atoms with van der Waals surface area (Å²) in [6.07, 6.45) is 1.09. The topological polar surface area (TPSA) is 53.3 Å². The molecule has 2 unspecified atom stereocenters. The molecule has 0 N–H and O–H groups in total. The second-order valence-electron chi connectivity index (χ2n) is 4.53. The number of ether oxygens (including phenoxy) is 1. The van der Waals surface area contributed by atoms with Gasteiger partial charge in [0, 0.05) is 13.7 Å². The Morgan fingerprint density at radius 3 is 2.74 bits per heavy atom. The molecule has 4 nitrogen and oxygen atoms in total. The monoisotopic (exact) mass is 262 g/mol. The first-order valence-corrected chi connectivity index (χ1v) is 6.17. The van der Waals surface area contributed by atoms with Gasteiger partial charge in [-0.15, -0.1) is 0 Å². The van der Waals surface area contributed by atoms with Gasteiger partial charge in [-0.05, 0) is 30.5 Å². The molecule has 1 amide bonds. The zero-order valence-corrected chi connectivity index (χ0v) is 10.7. The SMILES string of the molecule is CN(C(=O)C1CCCO1)C(C#N)c1ccc(F)cc1. The number of likely N-dealkylation sites (N-methyl/N-ethyl adjacent to an activating group) is 1. The fourth-order valence-electron chi connectivity index (χ4n) is 2.16. The van der Waals surface area contributed by atoms with Crippen molar-refractivity contribution in [2.75, 3.05) is 13.7 Å². The predicted molar refractivity (Wildman–Crippen MR) is 66.5 cm³/mol. The van der Waals surface area contributed by atoms with Gasteiger partial charge >= 0.3 is 0 Å². The molecule has 1 aliphatic heterocycles. The van der Waals surface area contributed by atoms with Gasteiger partial charge in [-0.1, -0.05) is 12.1 Å². The van der Waals surface area contributed by atoms with Crippen molar-refractivity contribution in [2.24, 2.45) is 0 Å². The van der Waals surface area contributed by atoms with Crippen LogP contribution < -0.4 is 0 Å². The lowest BCUT2D eigenvalue weighted by atomic mass is 10.1. The highest BCUT2D eigenvalue weighted by Crippen LogP contribution is 2.22. The highest BCUT2D eigenvalue weighted by molar-refractivity contribution is 5.81. The maximum Gasteiger partial charge on any atom is 0.252 e. The van der Waals surface area contributed by atoms with E-state index in [2.05, 4.69) is 6.07 Å². The minimum atomic E-state index is -0.725. The van der Waals surface area contributed by atoms with Crippen LogP contribution in [0.4, 0.5) is 4.39 Å². The highest BCUT2D eigenvalue weighted by atomic mass is 19.1. The minimum absolute atomic E-state index is 0.201. The summed E-state index contributed by atoms with van der Waals surface area (Å²) >= 11 is 0. The van der Waals surface area contributed by atoms with E-state index in [9.17, 15) is 14.4 Å². The lowest BCUT2D eigenvalue weighted by molar-refractivity contribution is -0.140. The average molecular weight is 262 g/mol. The Balaban J connectivity index is 2.14. The molecule has 1 fully saturated rings. The first kappa shape index (κ1) is 13.5. The third-order valence-corrected chi connectivity index (χ3v) is 3.25. The Morgan fingerprint density at radius 2 is 2.21 bits per heavy atom. The largest absolute Gasteiger partial charge is 0.368 e. The summed E-state index contributed by atoms with van der Waals surface area (Å²) in [7, 11) is 1.57. The van der Waals surface area contributed by atoms with Gasteiger partial charge in [-0.3, -0.25) is 4.79 Å². The second kappa shape index (κ2) is 5.81. The third kappa shape index (κ3) is 2.91. The number of benzene rings is 1. The van der Waals surface area contributed by atoms with Crippen molar-refractivity contribution in [3.63, 3.8) is 0 Å². The molecule has 5 heteroatoms. The molecule has 100 valence electrons. The Morgan fingerprint density at radius 1 is 1.53 bits per heavy atom. The van der Waals surface area contributed by atoms with Gasteiger partial charge < -0.3 is 9.64 Å². The summed E-state index contributed by atoms with van der Waals surface area (Å²) in [6.45, 7) is 0.581. The minimum Gasteiger partial charge on any atom is -0.368 e. The van der Waals surface area contributed by atoms with Crippen molar-refractivity contribution >= 4 is 5.91 Å². The van der Waals surface area contributed by atoms with Crippen LogP contribution in [0, 0.1) is 17.1 Å². The molecule has 1 aliphatic rings. The number of rotatable bonds is 3. The zero-order valence-electron chi connectivity index (χ0n) is 10.7. The summed E-state index contributed by atoms with van der Waals surface area (Å²) in [4.78, 5) is 13.5. The van der Waals surface area contributed by atoms with Crippen molar-refractivity contribution in [1.82, 2.24) is 4.90 Å². The molecule has 0 bridgehead atoms. The van der Waals surface area contributed by atoms with Gasteiger partial charge in [0.1, 0.15) is 18.0 Å². The summed E-state index contributed by atoms with van der Waals surface area (Å²) in [5.41, 5.74) is 0.595. The fraction of sp³-hybridized carbons (Fsp3) is 0.429. The van der Waals surface area contributed by atoms with Crippen LogP contribution in [-0.2, 0) is 9.53 Å². The molecule has 1 saturated heterocycles. The molecule has 1 aromatic rings. The number of carbonyl (C=O) groups excluding carboxylic acids is 1. The predicted octanol–water partition coefficient (Wildman–Crippen LogP) is 2.03. The van der Waals surface area contributed by atoms with E-state index in [0.29, 0.717) is 18.6 Å². The van der Waals surface area contributed by atoms with Crippen LogP contribution in [0.2, 0.25) is 0 Å². The molecule has 2 atom stereocenters. The summed E-state index contributed by atoms with van der Waals surface area (Å²) in [6, 6.07) is 6.94. The Hall–Kier alpha value is -1.93. The van der Waals surface area contributed by atoms with Crippen molar-refractivity contribution in [1.29, 1.82) is 5.26 Å². The molecule has 0 radical (unpaired) electrons. The van der Waals surface area contributed by atoms with Crippen LogP contribution in [0.5, 0.6) is 0 Å². The molecule has 0 spiro atoms.